The summed E-state index contributed by atoms with van der Waals surface area (Å²) in [7, 11) is 5.87. The van der Waals surface area contributed by atoms with E-state index in [9.17, 15) is 4.79 Å². The van der Waals surface area contributed by atoms with Gasteiger partial charge < -0.3 is 20.4 Å². The van der Waals surface area contributed by atoms with Crippen molar-refractivity contribution in [3.63, 3.8) is 0 Å². The lowest BCUT2D eigenvalue weighted by atomic mass is 9.96. The van der Waals surface area contributed by atoms with Gasteiger partial charge in [-0.1, -0.05) is 25.1 Å². The molecule has 1 atom stereocenters. The molecule has 1 fully saturated rings. The Labute approximate surface area is 228 Å². The lowest BCUT2D eigenvalue weighted by Crippen LogP contribution is -2.42. The standard InChI is InChI=1S/C29H35N9O/c1-19(22-6-5-7-23-24(28(39)30-2)8-11-31-27(22)23)15-32-26-14-25(35-18-36-26)20-16-33-29(34-17-20)38(4)21-9-12-37(3)13-10-21/h5-8,11,14,16-19,21H,9-10,12-13,15H2,1-4H3,(H,30,39)(H,32,35,36). The maximum atomic E-state index is 12.3. The molecule has 202 valence electrons. The van der Waals surface area contributed by atoms with Crippen molar-refractivity contribution >= 4 is 28.6 Å². The average Bonchev–Trinajstić information content (AvgIpc) is 2.99. The molecule has 2 N–H and O–H groups in total. The van der Waals surface area contributed by atoms with Gasteiger partial charge >= 0.3 is 0 Å². The van der Waals surface area contributed by atoms with Crippen molar-refractivity contribution in [2.75, 3.05) is 51.0 Å². The van der Waals surface area contributed by atoms with Crippen LogP contribution in [0.4, 0.5) is 11.8 Å². The zero-order valence-electron chi connectivity index (χ0n) is 22.9. The average molecular weight is 526 g/mol. The molecular formula is C29H35N9O. The van der Waals surface area contributed by atoms with Crippen LogP contribution < -0.4 is 15.5 Å². The number of pyridine rings is 1. The third-order valence-corrected chi connectivity index (χ3v) is 7.55. The number of nitrogens with zero attached hydrogens (tertiary/aromatic N) is 7. The van der Waals surface area contributed by atoms with Crippen LogP contribution in [0.3, 0.4) is 0 Å². The molecule has 1 saturated heterocycles. The Balaban J connectivity index is 1.27. The Morgan fingerprint density at radius 2 is 1.87 bits per heavy atom. The Morgan fingerprint density at radius 3 is 2.62 bits per heavy atom. The van der Waals surface area contributed by atoms with E-state index in [-0.39, 0.29) is 11.8 Å². The van der Waals surface area contributed by atoms with Crippen LogP contribution in [0, 0.1) is 0 Å². The van der Waals surface area contributed by atoms with Gasteiger partial charge in [0.1, 0.15) is 12.1 Å². The number of anilines is 2. The summed E-state index contributed by atoms with van der Waals surface area (Å²) in [6.07, 6.45) is 9.12. The van der Waals surface area contributed by atoms with Gasteiger partial charge in [-0.3, -0.25) is 9.78 Å². The Morgan fingerprint density at radius 1 is 1.10 bits per heavy atom. The molecule has 0 saturated carbocycles. The van der Waals surface area contributed by atoms with Crippen LogP contribution in [-0.4, -0.2) is 82.5 Å². The van der Waals surface area contributed by atoms with Crippen molar-refractivity contribution in [1.29, 1.82) is 0 Å². The third-order valence-electron chi connectivity index (χ3n) is 7.55. The first-order valence-corrected chi connectivity index (χ1v) is 13.3. The molecule has 1 amide bonds. The molecule has 5 rings (SSSR count). The number of fused-ring (bicyclic) bond motifs is 1. The summed E-state index contributed by atoms with van der Waals surface area (Å²) in [6, 6.07) is 10.1. The molecule has 4 aromatic rings. The Bertz CT molecular complexity index is 1430. The van der Waals surface area contributed by atoms with Gasteiger partial charge in [0.25, 0.3) is 5.91 Å². The van der Waals surface area contributed by atoms with Gasteiger partial charge in [0.05, 0.1) is 16.8 Å². The molecule has 10 nitrogen and oxygen atoms in total. The molecule has 0 bridgehead atoms. The fourth-order valence-corrected chi connectivity index (χ4v) is 5.09. The van der Waals surface area contributed by atoms with Gasteiger partial charge in [-0.05, 0) is 44.6 Å². The quantitative estimate of drug-likeness (QED) is 0.356. The van der Waals surface area contributed by atoms with Crippen molar-refractivity contribution in [2.45, 2.75) is 31.7 Å². The number of carbonyl (C=O) groups excluding carboxylic acids is 1. The molecule has 1 aliphatic rings. The van der Waals surface area contributed by atoms with Gasteiger partial charge in [0.2, 0.25) is 5.95 Å². The van der Waals surface area contributed by atoms with Crippen molar-refractivity contribution in [3.8, 4) is 11.3 Å². The summed E-state index contributed by atoms with van der Waals surface area (Å²) in [6.45, 7) is 4.96. The number of amides is 1. The highest BCUT2D eigenvalue weighted by Gasteiger charge is 2.22. The monoisotopic (exact) mass is 525 g/mol. The molecule has 1 aliphatic heterocycles. The molecular weight excluding hydrogens is 490 g/mol. The van der Waals surface area contributed by atoms with Crippen molar-refractivity contribution in [1.82, 2.24) is 35.1 Å². The van der Waals surface area contributed by atoms with E-state index in [4.69, 9.17) is 0 Å². The minimum absolute atomic E-state index is 0.121. The van der Waals surface area contributed by atoms with E-state index in [1.165, 1.54) is 0 Å². The number of likely N-dealkylation sites (tertiary alicyclic amines) is 1. The first-order chi connectivity index (χ1) is 18.9. The van der Waals surface area contributed by atoms with Gasteiger partial charge in [0.15, 0.2) is 0 Å². The molecule has 10 heteroatoms. The first-order valence-electron chi connectivity index (χ1n) is 13.3. The van der Waals surface area contributed by atoms with Gasteiger partial charge in [-0.15, -0.1) is 0 Å². The van der Waals surface area contributed by atoms with E-state index in [1.807, 2.05) is 30.6 Å². The molecule has 1 aromatic carbocycles. The van der Waals surface area contributed by atoms with Crippen molar-refractivity contribution in [3.05, 3.63) is 66.4 Å². The largest absolute Gasteiger partial charge is 0.369 e. The zero-order chi connectivity index (χ0) is 27.4. The van der Waals surface area contributed by atoms with Gasteiger partial charge in [0, 0.05) is 68.2 Å². The molecule has 0 aliphatic carbocycles. The molecule has 4 heterocycles. The zero-order valence-corrected chi connectivity index (χ0v) is 22.9. The van der Waals surface area contributed by atoms with Crippen LogP contribution in [0.15, 0.2) is 55.2 Å². The first kappa shape index (κ1) is 26.4. The summed E-state index contributed by atoms with van der Waals surface area (Å²) in [5, 5.41) is 6.98. The highest BCUT2D eigenvalue weighted by atomic mass is 16.1. The topological polar surface area (TPSA) is 112 Å². The number of benzene rings is 1. The van der Waals surface area contributed by atoms with Crippen LogP contribution in [0.2, 0.25) is 0 Å². The maximum Gasteiger partial charge on any atom is 0.251 e. The third kappa shape index (κ3) is 5.80. The van der Waals surface area contributed by atoms with Gasteiger partial charge in [-0.2, -0.15) is 0 Å². The van der Waals surface area contributed by atoms with E-state index in [2.05, 4.69) is 72.4 Å². The highest BCUT2D eigenvalue weighted by Crippen LogP contribution is 2.27. The predicted molar refractivity (Wildman–Crippen MR) is 154 cm³/mol. The SMILES string of the molecule is CNC(=O)c1ccnc2c(C(C)CNc3cc(-c4cnc(N(C)C5CCN(C)CC5)nc4)ncn3)cccc12. The number of hydrogen-bond acceptors (Lipinski definition) is 9. The minimum atomic E-state index is -0.121. The summed E-state index contributed by atoms with van der Waals surface area (Å²) in [5.41, 5.74) is 4.12. The molecule has 0 spiro atoms. The molecule has 3 aromatic heterocycles. The van der Waals surface area contributed by atoms with Crippen molar-refractivity contribution in [2.24, 2.45) is 0 Å². The number of para-hydroxylation sites is 1. The second-order valence-corrected chi connectivity index (χ2v) is 10.2. The van der Waals surface area contributed by atoms with E-state index < -0.39 is 0 Å². The molecule has 39 heavy (non-hydrogen) atoms. The number of rotatable bonds is 8. The van der Waals surface area contributed by atoms with Crippen LogP contribution in [0.25, 0.3) is 22.2 Å². The maximum absolute atomic E-state index is 12.3. The lowest BCUT2D eigenvalue weighted by Gasteiger charge is -2.35. The number of aromatic nitrogens is 5. The Hall–Kier alpha value is -4.18. The van der Waals surface area contributed by atoms with Crippen LogP contribution >= 0.6 is 0 Å². The predicted octanol–water partition coefficient (Wildman–Crippen LogP) is 3.59. The van der Waals surface area contributed by atoms with Crippen LogP contribution in [-0.2, 0) is 0 Å². The Kier molecular flexibility index (Phi) is 7.92. The second kappa shape index (κ2) is 11.7. The lowest BCUT2D eigenvalue weighted by molar-refractivity contribution is 0.0964. The number of piperidine rings is 1. The fourth-order valence-electron chi connectivity index (χ4n) is 5.09. The normalized spacial score (nSPS) is 15.2. The molecule has 1 unspecified atom stereocenters. The fraction of sp³-hybridized carbons (Fsp3) is 0.379. The molecule has 0 radical (unpaired) electrons. The highest BCUT2D eigenvalue weighted by molar-refractivity contribution is 6.06. The summed E-state index contributed by atoms with van der Waals surface area (Å²) in [5.74, 6) is 1.46. The van der Waals surface area contributed by atoms with E-state index >= 15 is 0 Å². The minimum Gasteiger partial charge on any atom is -0.369 e. The van der Waals surface area contributed by atoms with Crippen LogP contribution in [0.1, 0.15) is 41.6 Å². The van der Waals surface area contributed by atoms with E-state index in [0.29, 0.717) is 18.2 Å². The number of nitrogens with one attached hydrogen (secondary N) is 2. The van der Waals surface area contributed by atoms with Crippen LogP contribution in [0.5, 0.6) is 0 Å². The van der Waals surface area contributed by atoms with E-state index in [0.717, 1.165) is 65.4 Å². The summed E-state index contributed by atoms with van der Waals surface area (Å²) >= 11 is 0. The van der Waals surface area contributed by atoms with Crippen molar-refractivity contribution < 1.29 is 4.79 Å². The van der Waals surface area contributed by atoms with Gasteiger partial charge in [-0.25, -0.2) is 19.9 Å². The number of hydrogen-bond donors (Lipinski definition) is 2. The second-order valence-electron chi connectivity index (χ2n) is 10.2. The number of carbonyl (C=O) groups is 1. The summed E-state index contributed by atoms with van der Waals surface area (Å²) in [4.78, 5) is 39.6. The van der Waals surface area contributed by atoms with E-state index in [1.54, 1.807) is 25.6 Å². The smallest absolute Gasteiger partial charge is 0.251 e. The summed E-state index contributed by atoms with van der Waals surface area (Å²) < 4.78 is 0.